The van der Waals surface area contributed by atoms with Crippen LogP contribution in [0.15, 0.2) is 65.1 Å². The van der Waals surface area contributed by atoms with Gasteiger partial charge in [0.25, 0.3) is 5.91 Å². The lowest BCUT2D eigenvalue weighted by Crippen LogP contribution is -2.14. The van der Waals surface area contributed by atoms with Gasteiger partial charge in [-0.25, -0.2) is 4.98 Å². The molecule has 4 rings (SSSR count). The Bertz CT molecular complexity index is 1130. The Hall–Kier alpha value is -3.40. The van der Waals surface area contributed by atoms with E-state index in [2.05, 4.69) is 10.3 Å². The topological polar surface area (TPSA) is 55.1 Å². The van der Waals surface area contributed by atoms with Crippen LogP contribution in [0.5, 0.6) is 0 Å². The summed E-state index contributed by atoms with van der Waals surface area (Å²) in [6.45, 7) is 5.93. The first-order valence-electron chi connectivity index (χ1n) is 8.86. The van der Waals surface area contributed by atoms with Gasteiger partial charge in [-0.2, -0.15) is 0 Å². The number of nitrogens with zero attached hydrogens (tertiary/aromatic N) is 1. The average Bonchev–Trinajstić information content (AvgIpc) is 3.07. The van der Waals surface area contributed by atoms with Crippen molar-refractivity contribution in [1.82, 2.24) is 4.98 Å². The zero-order valence-electron chi connectivity index (χ0n) is 15.5. The molecule has 0 saturated carbocycles. The number of hydrogen-bond donors (Lipinski definition) is 1. The van der Waals surface area contributed by atoms with Gasteiger partial charge in [-0.1, -0.05) is 35.9 Å². The number of carbonyl (C=O) groups is 1. The summed E-state index contributed by atoms with van der Waals surface area (Å²) in [4.78, 5) is 17.3. The van der Waals surface area contributed by atoms with Crippen molar-refractivity contribution in [2.45, 2.75) is 20.8 Å². The van der Waals surface area contributed by atoms with Gasteiger partial charge in [0, 0.05) is 16.8 Å². The monoisotopic (exact) mass is 356 g/mol. The van der Waals surface area contributed by atoms with Crippen LogP contribution < -0.4 is 5.32 Å². The third kappa shape index (κ3) is 3.34. The van der Waals surface area contributed by atoms with E-state index >= 15 is 0 Å². The second-order valence-corrected chi connectivity index (χ2v) is 6.79. The summed E-state index contributed by atoms with van der Waals surface area (Å²) in [6, 6.07) is 19.3. The lowest BCUT2D eigenvalue weighted by atomic mass is 10.0. The fraction of sp³-hybridized carbons (Fsp3) is 0.130. The molecular formula is C23H20N2O2. The van der Waals surface area contributed by atoms with Crippen LogP contribution in [-0.2, 0) is 0 Å². The number of rotatable bonds is 3. The van der Waals surface area contributed by atoms with Gasteiger partial charge >= 0.3 is 0 Å². The van der Waals surface area contributed by atoms with E-state index in [1.165, 1.54) is 0 Å². The molecule has 4 heteroatoms. The molecule has 1 N–H and O–H groups in total. The lowest BCUT2D eigenvalue weighted by molar-refractivity contribution is 0.102. The molecule has 0 bridgehead atoms. The normalized spacial score (nSPS) is 10.9. The van der Waals surface area contributed by atoms with Crippen molar-refractivity contribution in [2.24, 2.45) is 0 Å². The van der Waals surface area contributed by atoms with Gasteiger partial charge < -0.3 is 9.73 Å². The fourth-order valence-corrected chi connectivity index (χ4v) is 3.14. The van der Waals surface area contributed by atoms with E-state index in [0.717, 1.165) is 39.0 Å². The summed E-state index contributed by atoms with van der Waals surface area (Å²) in [5, 5.41) is 3.02. The summed E-state index contributed by atoms with van der Waals surface area (Å²) >= 11 is 0. The van der Waals surface area contributed by atoms with Crippen molar-refractivity contribution in [3.05, 3.63) is 82.9 Å². The van der Waals surface area contributed by atoms with Gasteiger partial charge in [0.2, 0.25) is 5.89 Å². The van der Waals surface area contributed by atoms with Gasteiger partial charge in [0.05, 0.1) is 0 Å². The number of oxazole rings is 1. The number of amides is 1. The molecule has 1 aromatic heterocycles. The van der Waals surface area contributed by atoms with E-state index in [9.17, 15) is 4.79 Å². The van der Waals surface area contributed by atoms with Crippen molar-refractivity contribution in [3.8, 4) is 11.5 Å². The molecule has 0 saturated heterocycles. The third-order valence-corrected chi connectivity index (χ3v) is 4.65. The molecule has 1 heterocycles. The van der Waals surface area contributed by atoms with Gasteiger partial charge in [-0.15, -0.1) is 0 Å². The lowest BCUT2D eigenvalue weighted by Gasteiger charge is -2.11. The first-order chi connectivity index (χ1) is 13.0. The largest absolute Gasteiger partial charge is 0.436 e. The summed E-state index contributed by atoms with van der Waals surface area (Å²) in [6.07, 6.45) is 0. The van der Waals surface area contributed by atoms with Crippen LogP contribution >= 0.6 is 0 Å². The van der Waals surface area contributed by atoms with Crippen molar-refractivity contribution in [2.75, 3.05) is 5.32 Å². The zero-order chi connectivity index (χ0) is 19.0. The van der Waals surface area contributed by atoms with Crippen molar-refractivity contribution >= 4 is 22.7 Å². The first kappa shape index (κ1) is 17.0. The van der Waals surface area contributed by atoms with E-state index in [1.807, 2.05) is 81.4 Å². The number of benzene rings is 3. The number of para-hydroxylation sites is 2. The average molecular weight is 356 g/mol. The van der Waals surface area contributed by atoms with E-state index < -0.39 is 0 Å². The predicted octanol–water partition coefficient (Wildman–Crippen LogP) is 5.67. The number of nitrogens with one attached hydrogen (secondary N) is 1. The van der Waals surface area contributed by atoms with Gasteiger partial charge in [-0.05, 0) is 62.2 Å². The Morgan fingerprint density at radius 1 is 0.926 bits per heavy atom. The molecule has 0 aliphatic heterocycles. The maximum absolute atomic E-state index is 12.7. The smallest absolute Gasteiger partial charge is 0.255 e. The van der Waals surface area contributed by atoms with Crippen LogP contribution in [0.2, 0.25) is 0 Å². The molecule has 3 aromatic carbocycles. The van der Waals surface area contributed by atoms with E-state index in [4.69, 9.17) is 4.42 Å². The Morgan fingerprint density at radius 3 is 2.52 bits per heavy atom. The molecule has 1 amide bonds. The van der Waals surface area contributed by atoms with Crippen LogP contribution in [0.25, 0.3) is 22.6 Å². The number of carbonyl (C=O) groups excluding carboxylic acids is 1. The summed E-state index contributed by atoms with van der Waals surface area (Å²) in [5.74, 6) is 0.420. The molecule has 0 unspecified atom stereocenters. The van der Waals surface area contributed by atoms with Crippen molar-refractivity contribution in [3.63, 3.8) is 0 Å². The van der Waals surface area contributed by atoms with Crippen LogP contribution in [0.3, 0.4) is 0 Å². The highest BCUT2D eigenvalue weighted by molar-refractivity contribution is 6.06. The number of aryl methyl sites for hydroxylation is 3. The second kappa shape index (κ2) is 6.72. The van der Waals surface area contributed by atoms with Gasteiger partial charge in [0.1, 0.15) is 5.52 Å². The van der Waals surface area contributed by atoms with E-state index in [0.29, 0.717) is 11.5 Å². The molecule has 0 atom stereocenters. The third-order valence-electron chi connectivity index (χ3n) is 4.65. The van der Waals surface area contributed by atoms with Crippen molar-refractivity contribution < 1.29 is 9.21 Å². The standard InChI is InChI=1S/C23H20N2O2/c1-14-8-11-18(16(3)12-14)22(26)24-20-13-17(10-9-15(20)2)23-25-19-6-4-5-7-21(19)27-23/h4-13H,1-3H3,(H,24,26). The Kier molecular flexibility index (Phi) is 4.24. The molecule has 4 aromatic rings. The highest BCUT2D eigenvalue weighted by atomic mass is 16.3. The van der Waals surface area contributed by atoms with Crippen LogP contribution in [0, 0.1) is 20.8 Å². The highest BCUT2D eigenvalue weighted by Crippen LogP contribution is 2.28. The number of hydrogen-bond acceptors (Lipinski definition) is 3. The first-order valence-corrected chi connectivity index (χ1v) is 8.86. The van der Waals surface area contributed by atoms with Crippen LogP contribution in [0.4, 0.5) is 5.69 Å². The molecule has 0 spiro atoms. The highest BCUT2D eigenvalue weighted by Gasteiger charge is 2.13. The minimum Gasteiger partial charge on any atom is -0.436 e. The Morgan fingerprint density at radius 2 is 1.74 bits per heavy atom. The van der Waals surface area contributed by atoms with Gasteiger partial charge in [0.15, 0.2) is 5.58 Å². The molecule has 134 valence electrons. The molecule has 0 fully saturated rings. The molecule has 0 aliphatic carbocycles. The molecule has 0 radical (unpaired) electrons. The van der Waals surface area contributed by atoms with E-state index in [-0.39, 0.29) is 5.91 Å². The number of anilines is 1. The zero-order valence-corrected chi connectivity index (χ0v) is 15.5. The maximum Gasteiger partial charge on any atom is 0.255 e. The molecule has 0 aliphatic rings. The molecule has 4 nitrogen and oxygen atoms in total. The quantitative estimate of drug-likeness (QED) is 0.514. The summed E-state index contributed by atoms with van der Waals surface area (Å²) in [7, 11) is 0. The Labute approximate surface area is 157 Å². The number of fused-ring (bicyclic) bond motifs is 1. The molecule has 27 heavy (non-hydrogen) atoms. The van der Waals surface area contributed by atoms with E-state index in [1.54, 1.807) is 0 Å². The second-order valence-electron chi connectivity index (χ2n) is 6.79. The minimum absolute atomic E-state index is 0.120. The maximum atomic E-state index is 12.7. The predicted molar refractivity (Wildman–Crippen MR) is 108 cm³/mol. The molecular weight excluding hydrogens is 336 g/mol. The van der Waals surface area contributed by atoms with Gasteiger partial charge in [-0.3, -0.25) is 4.79 Å². The number of aromatic nitrogens is 1. The SMILES string of the molecule is Cc1ccc(C(=O)Nc2cc(-c3nc4ccccc4o3)ccc2C)c(C)c1. The summed E-state index contributed by atoms with van der Waals surface area (Å²) in [5.41, 5.74) is 6.88. The minimum atomic E-state index is -0.120. The Balaban J connectivity index is 1.67. The summed E-state index contributed by atoms with van der Waals surface area (Å²) < 4.78 is 5.85. The van der Waals surface area contributed by atoms with Crippen LogP contribution in [-0.4, -0.2) is 10.9 Å². The van der Waals surface area contributed by atoms with Crippen LogP contribution in [0.1, 0.15) is 27.0 Å². The fourth-order valence-electron chi connectivity index (χ4n) is 3.14. The van der Waals surface area contributed by atoms with Crippen molar-refractivity contribution in [1.29, 1.82) is 0 Å².